The maximum atomic E-state index is 10.9. The van der Waals surface area contributed by atoms with Gasteiger partial charge in [0, 0.05) is 36.4 Å². The number of hydrogen-bond donors (Lipinski definition) is 1. The molecule has 1 aromatic rings. The number of nitrogens with one attached hydrogen (secondary N) is 1. The highest BCUT2D eigenvalue weighted by Gasteiger charge is 2.20. The van der Waals surface area contributed by atoms with Crippen molar-refractivity contribution in [2.75, 3.05) is 38.6 Å². The number of aromatic nitrogens is 1. The largest absolute Gasteiger partial charge is 0.374 e. The molecule has 1 unspecified atom stereocenters. The van der Waals surface area contributed by atoms with E-state index in [1.807, 2.05) is 7.05 Å². The molecule has 2 rings (SSSR count). The minimum atomic E-state index is -0.450. The van der Waals surface area contributed by atoms with E-state index >= 15 is 0 Å². The number of pyridine rings is 1. The Hall–Kier alpha value is -1.25. The zero-order valence-corrected chi connectivity index (χ0v) is 12.1. The van der Waals surface area contributed by atoms with Gasteiger partial charge in [0.15, 0.2) is 0 Å². The van der Waals surface area contributed by atoms with Gasteiger partial charge in [-0.25, -0.2) is 4.98 Å². The van der Waals surface area contributed by atoms with E-state index in [4.69, 9.17) is 4.74 Å². The molecule has 0 radical (unpaired) electrons. The van der Waals surface area contributed by atoms with Crippen molar-refractivity contribution < 1.29 is 9.66 Å². The molecular formula is C11H15BrN4O3. The minimum absolute atomic E-state index is 0.0174. The molecule has 0 saturated carbocycles. The number of rotatable bonds is 4. The lowest BCUT2D eigenvalue weighted by Gasteiger charge is -2.30. The average Bonchev–Trinajstić information content (AvgIpc) is 2.37. The second-order valence-electron chi connectivity index (χ2n) is 4.41. The predicted molar refractivity (Wildman–Crippen MR) is 74.3 cm³/mol. The monoisotopic (exact) mass is 330 g/mol. The van der Waals surface area contributed by atoms with Crippen LogP contribution < -0.4 is 5.32 Å². The molecule has 8 heteroatoms. The van der Waals surface area contributed by atoms with Gasteiger partial charge in [-0.3, -0.25) is 10.1 Å². The maximum absolute atomic E-state index is 10.9. The number of ether oxygens (including phenoxy) is 1. The number of likely N-dealkylation sites (N-methyl/N-ethyl adjacent to an activating group) is 1. The van der Waals surface area contributed by atoms with Gasteiger partial charge in [0.05, 0.1) is 17.6 Å². The van der Waals surface area contributed by atoms with Gasteiger partial charge in [0.1, 0.15) is 0 Å². The van der Waals surface area contributed by atoms with Crippen molar-refractivity contribution >= 4 is 27.4 Å². The van der Waals surface area contributed by atoms with Crippen LogP contribution in [0.1, 0.15) is 0 Å². The molecular weight excluding hydrogens is 316 g/mol. The van der Waals surface area contributed by atoms with E-state index < -0.39 is 4.92 Å². The summed E-state index contributed by atoms with van der Waals surface area (Å²) >= 11 is 3.17. The molecule has 0 bridgehead atoms. The Labute approximate surface area is 119 Å². The molecule has 1 aliphatic rings. The Balaban J connectivity index is 2.01. The van der Waals surface area contributed by atoms with Crippen LogP contribution in [0.5, 0.6) is 0 Å². The molecule has 1 saturated heterocycles. The Morgan fingerprint density at radius 3 is 3.21 bits per heavy atom. The Bertz CT molecular complexity index is 471. The number of nitro groups is 1. The summed E-state index contributed by atoms with van der Waals surface area (Å²) in [6.45, 7) is 2.89. The lowest BCUT2D eigenvalue weighted by Crippen LogP contribution is -2.43. The predicted octanol–water partition coefficient (Wildman–Crippen LogP) is 1.49. The van der Waals surface area contributed by atoms with Crippen LogP contribution in [-0.4, -0.2) is 54.2 Å². The van der Waals surface area contributed by atoms with Crippen LogP contribution in [0.4, 0.5) is 11.5 Å². The molecule has 0 spiro atoms. The van der Waals surface area contributed by atoms with Crippen molar-refractivity contribution in [3.05, 3.63) is 26.9 Å². The van der Waals surface area contributed by atoms with Crippen molar-refractivity contribution in [3.63, 3.8) is 0 Å². The third-order valence-corrected chi connectivity index (χ3v) is 3.30. The van der Waals surface area contributed by atoms with Crippen LogP contribution >= 0.6 is 15.9 Å². The van der Waals surface area contributed by atoms with Gasteiger partial charge in [-0.15, -0.1) is 0 Å². The van der Waals surface area contributed by atoms with Crippen molar-refractivity contribution in [1.82, 2.24) is 9.88 Å². The molecule has 1 aliphatic heterocycles. The molecule has 1 fully saturated rings. The summed E-state index contributed by atoms with van der Waals surface area (Å²) in [5.74, 6) is 0.269. The third-order valence-electron chi connectivity index (χ3n) is 2.87. The highest BCUT2D eigenvalue weighted by atomic mass is 79.9. The molecule has 104 valence electrons. The number of morpholine rings is 1. The summed E-state index contributed by atoms with van der Waals surface area (Å²) < 4.78 is 6.16. The summed E-state index contributed by atoms with van der Waals surface area (Å²) in [6, 6.07) is 1.43. The van der Waals surface area contributed by atoms with Gasteiger partial charge in [-0.2, -0.15) is 0 Å². The van der Waals surface area contributed by atoms with Crippen molar-refractivity contribution in [1.29, 1.82) is 0 Å². The number of hydrogen-bond acceptors (Lipinski definition) is 6. The lowest BCUT2D eigenvalue weighted by molar-refractivity contribution is -0.384. The number of halogens is 1. The van der Waals surface area contributed by atoms with Crippen LogP contribution in [-0.2, 0) is 4.74 Å². The van der Waals surface area contributed by atoms with Crippen molar-refractivity contribution in [2.24, 2.45) is 0 Å². The first kappa shape index (κ1) is 14.2. The van der Waals surface area contributed by atoms with Gasteiger partial charge in [0.2, 0.25) is 5.82 Å². The van der Waals surface area contributed by atoms with Gasteiger partial charge in [-0.1, -0.05) is 0 Å². The zero-order valence-electron chi connectivity index (χ0n) is 10.5. The standard InChI is InChI=1S/C11H15BrN4O3/c1-15-2-3-19-9(7-15)6-14-11-10(16(17)18)4-8(12)5-13-11/h4-5,9H,2-3,6-7H2,1H3,(H,13,14). The van der Waals surface area contributed by atoms with Gasteiger partial charge < -0.3 is 15.0 Å². The SMILES string of the molecule is CN1CCOC(CNc2ncc(Br)cc2[N+](=O)[O-])C1. The molecule has 1 atom stereocenters. The molecule has 2 heterocycles. The lowest BCUT2D eigenvalue weighted by atomic mass is 10.3. The van der Waals surface area contributed by atoms with Crippen molar-refractivity contribution in [2.45, 2.75) is 6.10 Å². The van der Waals surface area contributed by atoms with Crippen LogP contribution in [0.2, 0.25) is 0 Å². The second kappa shape index (κ2) is 6.27. The first-order valence-electron chi connectivity index (χ1n) is 5.90. The first-order valence-corrected chi connectivity index (χ1v) is 6.69. The second-order valence-corrected chi connectivity index (χ2v) is 5.33. The first-order chi connectivity index (χ1) is 9.06. The Morgan fingerprint density at radius 2 is 2.53 bits per heavy atom. The summed E-state index contributed by atoms with van der Waals surface area (Å²) in [7, 11) is 2.02. The van der Waals surface area contributed by atoms with Gasteiger partial charge >= 0.3 is 5.69 Å². The molecule has 0 aliphatic carbocycles. The van der Waals surface area contributed by atoms with E-state index in [0.717, 1.165) is 13.1 Å². The normalized spacial score (nSPS) is 20.2. The fourth-order valence-corrected chi connectivity index (χ4v) is 2.22. The third kappa shape index (κ3) is 3.85. The highest BCUT2D eigenvalue weighted by molar-refractivity contribution is 9.10. The smallest absolute Gasteiger partial charge is 0.312 e. The summed E-state index contributed by atoms with van der Waals surface area (Å²) in [5, 5.41) is 13.9. The van der Waals surface area contributed by atoms with E-state index in [1.165, 1.54) is 12.3 Å². The van der Waals surface area contributed by atoms with E-state index in [1.54, 1.807) is 0 Å². The molecule has 0 amide bonds. The number of nitrogens with zero attached hydrogens (tertiary/aromatic N) is 3. The van der Waals surface area contributed by atoms with Crippen LogP contribution in [0, 0.1) is 10.1 Å². The number of anilines is 1. The molecule has 0 aromatic carbocycles. The van der Waals surface area contributed by atoms with E-state index in [2.05, 4.69) is 31.1 Å². The summed E-state index contributed by atoms with van der Waals surface area (Å²) in [5.41, 5.74) is -0.0430. The Kier molecular flexibility index (Phi) is 4.67. The zero-order chi connectivity index (χ0) is 13.8. The fraction of sp³-hybridized carbons (Fsp3) is 0.545. The van der Waals surface area contributed by atoms with E-state index in [-0.39, 0.29) is 17.6 Å². The molecule has 19 heavy (non-hydrogen) atoms. The van der Waals surface area contributed by atoms with E-state index in [0.29, 0.717) is 17.6 Å². The average molecular weight is 331 g/mol. The Morgan fingerprint density at radius 1 is 1.74 bits per heavy atom. The quantitative estimate of drug-likeness (QED) is 0.665. The molecule has 1 aromatic heterocycles. The summed E-state index contributed by atoms with van der Waals surface area (Å²) in [6.07, 6.45) is 1.55. The minimum Gasteiger partial charge on any atom is -0.374 e. The van der Waals surface area contributed by atoms with E-state index in [9.17, 15) is 10.1 Å². The topological polar surface area (TPSA) is 80.5 Å². The van der Waals surface area contributed by atoms with Crippen LogP contribution in [0.15, 0.2) is 16.7 Å². The molecule has 7 nitrogen and oxygen atoms in total. The fourth-order valence-electron chi connectivity index (χ4n) is 1.90. The van der Waals surface area contributed by atoms with Crippen LogP contribution in [0.3, 0.4) is 0 Å². The molecule has 1 N–H and O–H groups in total. The van der Waals surface area contributed by atoms with Gasteiger partial charge in [-0.05, 0) is 23.0 Å². The maximum Gasteiger partial charge on any atom is 0.312 e. The highest BCUT2D eigenvalue weighted by Crippen LogP contribution is 2.25. The van der Waals surface area contributed by atoms with Crippen molar-refractivity contribution in [3.8, 4) is 0 Å². The van der Waals surface area contributed by atoms with Crippen LogP contribution in [0.25, 0.3) is 0 Å². The van der Waals surface area contributed by atoms with Gasteiger partial charge in [0.25, 0.3) is 0 Å². The summed E-state index contributed by atoms with van der Waals surface area (Å²) in [4.78, 5) is 16.7.